The van der Waals surface area contributed by atoms with Gasteiger partial charge in [0.15, 0.2) is 0 Å². The van der Waals surface area contributed by atoms with Crippen LogP contribution >= 0.6 is 0 Å². The number of aliphatic hydroxyl groups is 1. The highest BCUT2D eigenvalue weighted by atomic mass is 32.2. The van der Waals surface area contributed by atoms with Crippen LogP contribution in [0.2, 0.25) is 0 Å². The van der Waals surface area contributed by atoms with Gasteiger partial charge in [-0.3, -0.25) is 0 Å². The van der Waals surface area contributed by atoms with Gasteiger partial charge in [-0.15, -0.1) is 0 Å². The summed E-state index contributed by atoms with van der Waals surface area (Å²) in [5.41, 5.74) is 1.36. The van der Waals surface area contributed by atoms with Crippen LogP contribution in [0.1, 0.15) is 24.0 Å². The number of benzene rings is 1. The van der Waals surface area contributed by atoms with Gasteiger partial charge in [0, 0.05) is 11.6 Å². The van der Waals surface area contributed by atoms with Gasteiger partial charge < -0.3 is 5.11 Å². The number of aryl methyl sites for hydroxylation is 1. The zero-order chi connectivity index (χ0) is 13.2. The topological polar surface area (TPSA) is 66.4 Å². The van der Waals surface area contributed by atoms with Crippen LogP contribution in [0, 0.1) is 18.8 Å². The molecule has 96 valence electrons. The number of nitrogens with one attached hydrogen (secondary N) is 1. The fraction of sp³-hybridized carbons (Fsp3) is 0.385. The maximum Gasteiger partial charge on any atom is 0.242 e. The van der Waals surface area contributed by atoms with E-state index < -0.39 is 10.0 Å². The van der Waals surface area contributed by atoms with Crippen LogP contribution in [0.5, 0.6) is 0 Å². The van der Waals surface area contributed by atoms with Crippen LogP contribution in [0.25, 0.3) is 0 Å². The van der Waals surface area contributed by atoms with Crippen molar-refractivity contribution < 1.29 is 13.5 Å². The molecule has 0 atom stereocenters. The van der Waals surface area contributed by atoms with Gasteiger partial charge in [-0.05, 0) is 37.5 Å². The van der Waals surface area contributed by atoms with Gasteiger partial charge in [-0.1, -0.05) is 17.9 Å². The Balaban J connectivity index is 2.42. The van der Waals surface area contributed by atoms with Gasteiger partial charge in [0.25, 0.3) is 0 Å². The Labute approximate surface area is 107 Å². The van der Waals surface area contributed by atoms with E-state index in [4.69, 9.17) is 5.11 Å². The molecule has 0 amide bonds. The molecule has 0 heterocycles. The van der Waals surface area contributed by atoms with Gasteiger partial charge >= 0.3 is 0 Å². The van der Waals surface area contributed by atoms with Crippen LogP contribution in [-0.2, 0) is 10.0 Å². The van der Waals surface area contributed by atoms with Crippen molar-refractivity contribution in [2.24, 2.45) is 0 Å². The van der Waals surface area contributed by atoms with Crippen LogP contribution in [-0.4, -0.2) is 26.2 Å². The molecule has 2 rings (SSSR count). The SMILES string of the molecule is Cc1ccc(S(=O)(=O)NC2CC2)c(C#CCO)c1. The Bertz CT molecular complexity index is 607. The minimum Gasteiger partial charge on any atom is -0.384 e. The molecule has 0 spiro atoms. The average Bonchev–Trinajstić information content (AvgIpc) is 3.09. The first-order valence-electron chi connectivity index (χ1n) is 5.75. The summed E-state index contributed by atoms with van der Waals surface area (Å²) in [6.45, 7) is 1.58. The third kappa shape index (κ3) is 3.10. The maximum atomic E-state index is 12.1. The summed E-state index contributed by atoms with van der Waals surface area (Å²) in [5.74, 6) is 5.17. The fourth-order valence-electron chi connectivity index (χ4n) is 1.59. The molecule has 18 heavy (non-hydrogen) atoms. The van der Waals surface area contributed by atoms with Crippen LogP contribution < -0.4 is 4.72 Å². The lowest BCUT2D eigenvalue weighted by Crippen LogP contribution is -2.26. The van der Waals surface area contributed by atoms with Crippen molar-refractivity contribution in [1.82, 2.24) is 4.72 Å². The van der Waals surface area contributed by atoms with Crippen molar-refractivity contribution in [3.05, 3.63) is 29.3 Å². The van der Waals surface area contributed by atoms with Crippen molar-refractivity contribution in [2.45, 2.75) is 30.7 Å². The van der Waals surface area contributed by atoms with Crippen molar-refractivity contribution >= 4 is 10.0 Å². The molecular formula is C13H15NO3S. The highest BCUT2D eigenvalue weighted by molar-refractivity contribution is 7.89. The van der Waals surface area contributed by atoms with Gasteiger partial charge in [0.2, 0.25) is 10.0 Å². The summed E-state index contributed by atoms with van der Waals surface area (Å²) in [6.07, 6.45) is 1.78. The number of hydrogen-bond donors (Lipinski definition) is 2. The highest BCUT2D eigenvalue weighted by Gasteiger charge is 2.29. The minimum absolute atomic E-state index is 0.0648. The Morgan fingerprint density at radius 2 is 2.17 bits per heavy atom. The third-order valence-corrected chi connectivity index (χ3v) is 4.20. The number of rotatable bonds is 3. The first kappa shape index (κ1) is 13.1. The molecule has 1 saturated carbocycles. The van der Waals surface area contributed by atoms with Gasteiger partial charge in [-0.25, -0.2) is 13.1 Å². The first-order valence-corrected chi connectivity index (χ1v) is 7.24. The van der Waals surface area contributed by atoms with Gasteiger partial charge in [-0.2, -0.15) is 0 Å². The average molecular weight is 265 g/mol. The van der Waals surface area contributed by atoms with Crippen LogP contribution in [0.3, 0.4) is 0 Å². The lowest BCUT2D eigenvalue weighted by atomic mass is 10.1. The second-order valence-electron chi connectivity index (χ2n) is 4.36. The second kappa shape index (κ2) is 5.11. The largest absolute Gasteiger partial charge is 0.384 e. The highest BCUT2D eigenvalue weighted by Crippen LogP contribution is 2.24. The molecule has 0 unspecified atom stereocenters. The molecule has 2 N–H and O–H groups in total. The second-order valence-corrected chi connectivity index (χ2v) is 6.04. The predicted molar refractivity (Wildman–Crippen MR) is 68.5 cm³/mol. The van der Waals surface area contributed by atoms with Crippen LogP contribution in [0.4, 0.5) is 0 Å². The molecule has 1 aromatic rings. The summed E-state index contributed by atoms with van der Waals surface area (Å²) in [5, 5.41) is 8.71. The summed E-state index contributed by atoms with van der Waals surface area (Å²) in [6, 6.07) is 5.08. The Morgan fingerprint density at radius 1 is 1.44 bits per heavy atom. The molecule has 1 aliphatic carbocycles. The molecular weight excluding hydrogens is 250 g/mol. The van der Waals surface area contributed by atoms with Crippen LogP contribution in [0.15, 0.2) is 23.1 Å². The Kier molecular flexibility index (Phi) is 3.71. The van der Waals surface area contributed by atoms with Gasteiger partial charge in [0.05, 0.1) is 4.90 Å². The lowest BCUT2D eigenvalue weighted by molar-refractivity contribution is 0.350. The van der Waals surface area contributed by atoms with Crippen molar-refractivity contribution in [3.63, 3.8) is 0 Å². The standard InChI is InChI=1S/C13H15NO3S/c1-10-4-7-13(11(9-10)3-2-8-15)18(16,17)14-12-5-6-12/h4,7,9,12,14-15H,5-6,8H2,1H3. The minimum atomic E-state index is -3.51. The summed E-state index contributed by atoms with van der Waals surface area (Å²) < 4.78 is 26.9. The molecule has 1 aromatic carbocycles. The molecule has 0 bridgehead atoms. The van der Waals surface area contributed by atoms with Crippen molar-refractivity contribution in [3.8, 4) is 11.8 Å². The van der Waals surface area contributed by atoms with E-state index >= 15 is 0 Å². The summed E-state index contributed by atoms with van der Waals surface area (Å²) in [4.78, 5) is 0.181. The molecule has 0 saturated heterocycles. The summed E-state index contributed by atoms with van der Waals surface area (Å²) >= 11 is 0. The molecule has 5 heteroatoms. The number of aliphatic hydroxyl groups excluding tert-OH is 1. The van der Waals surface area contributed by atoms with Crippen molar-refractivity contribution in [1.29, 1.82) is 0 Å². The number of sulfonamides is 1. The molecule has 0 aromatic heterocycles. The molecule has 1 aliphatic rings. The predicted octanol–water partition coefficient (Wildman–Crippen LogP) is 0.780. The van der Waals surface area contributed by atoms with E-state index in [0.29, 0.717) is 5.56 Å². The van der Waals surface area contributed by atoms with E-state index in [0.717, 1.165) is 18.4 Å². The first-order chi connectivity index (χ1) is 8.53. The van der Waals surface area contributed by atoms with E-state index in [1.54, 1.807) is 18.2 Å². The maximum absolute atomic E-state index is 12.1. The lowest BCUT2D eigenvalue weighted by Gasteiger charge is -2.08. The summed E-state index contributed by atoms with van der Waals surface area (Å²) in [7, 11) is -3.51. The zero-order valence-corrected chi connectivity index (χ0v) is 10.9. The third-order valence-electron chi connectivity index (χ3n) is 2.63. The molecule has 0 radical (unpaired) electrons. The van der Waals surface area contributed by atoms with E-state index in [1.165, 1.54) is 0 Å². The molecule has 4 nitrogen and oxygen atoms in total. The molecule has 0 aliphatic heterocycles. The van der Waals surface area contributed by atoms with Crippen molar-refractivity contribution in [2.75, 3.05) is 6.61 Å². The Morgan fingerprint density at radius 3 is 2.78 bits per heavy atom. The fourth-order valence-corrected chi connectivity index (χ4v) is 3.04. The van der Waals surface area contributed by atoms with E-state index in [2.05, 4.69) is 16.6 Å². The van der Waals surface area contributed by atoms with E-state index in [9.17, 15) is 8.42 Å². The quantitative estimate of drug-likeness (QED) is 0.794. The Hall–Kier alpha value is -1.35. The smallest absolute Gasteiger partial charge is 0.242 e. The van der Waals surface area contributed by atoms with E-state index in [1.807, 2.05) is 6.92 Å². The monoisotopic (exact) mass is 265 g/mol. The number of hydrogen-bond acceptors (Lipinski definition) is 3. The molecule has 1 fully saturated rings. The van der Waals surface area contributed by atoms with E-state index in [-0.39, 0.29) is 17.5 Å². The normalized spacial score (nSPS) is 15.0. The van der Waals surface area contributed by atoms with Gasteiger partial charge in [0.1, 0.15) is 6.61 Å². The zero-order valence-electron chi connectivity index (χ0n) is 10.1.